The largest absolute Gasteiger partial charge is 0.382 e. The Labute approximate surface area is 210 Å². The topological polar surface area (TPSA) is 130 Å². The third-order valence-electron chi connectivity index (χ3n) is 6.61. The molecule has 9 nitrogen and oxygen atoms in total. The second-order valence-corrected chi connectivity index (χ2v) is 9.38. The van der Waals surface area contributed by atoms with Crippen molar-refractivity contribution in [3.8, 4) is 0 Å². The number of carbonyl (C=O) groups excluding carboxylic acids is 1. The summed E-state index contributed by atoms with van der Waals surface area (Å²) in [5.74, 6) is 0.203. The van der Waals surface area contributed by atoms with Crippen molar-refractivity contribution in [3.05, 3.63) is 82.2 Å². The number of nitrogens with zero attached hydrogens (tertiary/aromatic N) is 4. The van der Waals surface area contributed by atoms with E-state index in [1.807, 2.05) is 47.9 Å². The predicted molar refractivity (Wildman–Crippen MR) is 141 cm³/mol. The first-order chi connectivity index (χ1) is 17.4. The molecule has 0 spiro atoms. The van der Waals surface area contributed by atoms with E-state index >= 15 is 0 Å². The van der Waals surface area contributed by atoms with Crippen molar-refractivity contribution < 1.29 is 4.79 Å². The number of hydrogen-bond acceptors (Lipinski definition) is 5. The fourth-order valence-corrected chi connectivity index (χ4v) is 4.90. The third kappa shape index (κ3) is 3.74. The summed E-state index contributed by atoms with van der Waals surface area (Å²) in [6, 6.07) is 11.5. The van der Waals surface area contributed by atoms with E-state index in [1.54, 1.807) is 6.33 Å². The summed E-state index contributed by atoms with van der Waals surface area (Å²) < 4.78 is 1.90. The summed E-state index contributed by atoms with van der Waals surface area (Å²) in [5, 5.41) is 5.72. The van der Waals surface area contributed by atoms with Crippen LogP contribution in [0.4, 0.5) is 5.82 Å². The molecule has 0 atom stereocenters. The molecule has 0 saturated carbocycles. The van der Waals surface area contributed by atoms with Crippen LogP contribution in [0.25, 0.3) is 33.0 Å². The van der Waals surface area contributed by atoms with Gasteiger partial charge < -0.3 is 25.6 Å². The van der Waals surface area contributed by atoms with E-state index in [2.05, 4.69) is 37.2 Å². The van der Waals surface area contributed by atoms with Crippen molar-refractivity contribution in [2.24, 2.45) is 0 Å². The number of nitrogens with one attached hydrogen (secondary N) is 3. The first-order valence-electron chi connectivity index (χ1n) is 11.5. The second-order valence-electron chi connectivity index (χ2n) is 8.95. The molecule has 6 aromatic rings. The lowest BCUT2D eigenvalue weighted by Crippen LogP contribution is -2.22. The first-order valence-corrected chi connectivity index (χ1v) is 11.8. The van der Waals surface area contributed by atoms with Gasteiger partial charge in [-0.3, -0.25) is 4.79 Å². The number of aromatic amines is 2. The number of hydrogen-bond donors (Lipinski definition) is 4. The Kier molecular flexibility index (Phi) is 5.15. The number of halogens is 1. The van der Waals surface area contributed by atoms with Gasteiger partial charge in [-0.15, -0.1) is 0 Å². The Balaban J connectivity index is 1.25. The molecule has 6 rings (SSSR count). The maximum absolute atomic E-state index is 12.9. The zero-order valence-electron chi connectivity index (χ0n) is 19.7. The van der Waals surface area contributed by atoms with Gasteiger partial charge in [0.05, 0.1) is 24.9 Å². The van der Waals surface area contributed by atoms with Crippen LogP contribution in [0.5, 0.6) is 0 Å². The number of aromatic nitrogens is 6. The molecule has 0 radical (unpaired) electrons. The van der Waals surface area contributed by atoms with Crippen LogP contribution in [0.15, 0.2) is 49.1 Å². The van der Waals surface area contributed by atoms with Gasteiger partial charge in [-0.25, -0.2) is 15.0 Å². The number of aryl methyl sites for hydroxylation is 2. The van der Waals surface area contributed by atoms with Gasteiger partial charge in [0.1, 0.15) is 11.8 Å². The maximum atomic E-state index is 12.9. The Hall–Kier alpha value is -4.37. The third-order valence-corrected chi connectivity index (χ3v) is 6.83. The fourth-order valence-electron chi connectivity index (χ4n) is 4.65. The molecule has 5 N–H and O–H groups in total. The van der Waals surface area contributed by atoms with Crippen LogP contribution in [-0.2, 0) is 13.1 Å². The van der Waals surface area contributed by atoms with Gasteiger partial charge in [0.25, 0.3) is 5.91 Å². The van der Waals surface area contributed by atoms with E-state index in [-0.39, 0.29) is 5.91 Å². The molecule has 0 unspecified atom stereocenters. The van der Waals surface area contributed by atoms with E-state index in [0.29, 0.717) is 40.7 Å². The van der Waals surface area contributed by atoms with Gasteiger partial charge >= 0.3 is 0 Å². The highest BCUT2D eigenvalue weighted by Gasteiger charge is 2.14. The Morgan fingerprint density at radius 2 is 1.97 bits per heavy atom. The van der Waals surface area contributed by atoms with E-state index in [0.717, 1.165) is 38.8 Å². The molecule has 0 aliphatic heterocycles. The first kappa shape index (κ1) is 22.1. The minimum atomic E-state index is -0.138. The van der Waals surface area contributed by atoms with Crippen molar-refractivity contribution in [1.82, 2.24) is 34.8 Å². The van der Waals surface area contributed by atoms with Gasteiger partial charge in [0.15, 0.2) is 11.5 Å². The smallest absolute Gasteiger partial charge is 0.251 e. The van der Waals surface area contributed by atoms with Crippen molar-refractivity contribution in [1.29, 1.82) is 0 Å². The molecule has 180 valence electrons. The lowest BCUT2D eigenvalue weighted by Gasteiger charge is -2.07. The van der Waals surface area contributed by atoms with Gasteiger partial charge in [0.2, 0.25) is 0 Å². The van der Waals surface area contributed by atoms with Gasteiger partial charge in [-0.1, -0.05) is 17.7 Å². The zero-order chi connectivity index (χ0) is 25.0. The fraction of sp³-hybridized carbons (Fsp3) is 0.154. The molecule has 2 aromatic carbocycles. The van der Waals surface area contributed by atoms with Crippen LogP contribution in [0, 0.1) is 13.8 Å². The van der Waals surface area contributed by atoms with Gasteiger partial charge in [-0.2, -0.15) is 0 Å². The van der Waals surface area contributed by atoms with E-state index < -0.39 is 0 Å². The Morgan fingerprint density at radius 3 is 2.83 bits per heavy atom. The number of carbonyl (C=O) groups is 1. The van der Waals surface area contributed by atoms with Crippen molar-refractivity contribution in [3.63, 3.8) is 0 Å². The predicted octanol–water partition coefficient (Wildman–Crippen LogP) is 4.62. The van der Waals surface area contributed by atoms with Crippen LogP contribution in [-0.4, -0.2) is 35.4 Å². The van der Waals surface area contributed by atoms with Crippen molar-refractivity contribution >= 4 is 56.3 Å². The van der Waals surface area contributed by atoms with Crippen LogP contribution >= 0.6 is 11.6 Å². The van der Waals surface area contributed by atoms with Crippen molar-refractivity contribution in [2.75, 3.05) is 5.73 Å². The molecule has 0 fully saturated rings. The zero-order valence-corrected chi connectivity index (χ0v) is 20.4. The highest BCUT2D eigenvalue weighted by Crippen LogP contribution is 2.27. The molecule has 0 aliphatic rings. The Morgan fingerprint density at radius 1 is 1.11 bits per heavy atom. The summed E-state index contributed by atoms with van der Waals surface area (Å²) >= 11 is 6.43. The van der Waals surface area contributed by atoms with E-state index in [1.165, 1.54) is 11.9 Å². The minimum Gasteiger partial charge on any atom is -0.382 e. The highest BCUT2D eigenvalue weighted by atomic mass is 35.5. The SMILES string of the molecule is Cc1[nH]c2cc(C(=O)NCc3cc4cc(Cl)cc(Cn5cnc6c(N)ncnc65)c4[nH]3)ccc2c1C. The number of fused-ring (bicyclic) bond motifs is 3. The lowest BCUT2D eigenvalue weighted by molar-refractivity contribution is 0.0950. The summed E-state index contributed by atoms with van der Waals surface area (Å²) in [6.45, 7) is 4.95. The highest BCUT2D eigenvalue weighted by molar-refractivity contribution is 6.31. The monoisotopic (exact) mass is 498 g/mol. The average molecular weight is 499 g/mol. The molecule has 36 heavy (non-hydrogen) atoms. The number of amides is 1. The second kappa shape index (κ2) is 8.39. The van der Waals surface area contributed by atoms with Gasteiger partial charge in [0, 0.05) is 38.3 Å². The number of imidazole rings is 1. The van der Waals surface area contributed by atoms with Crippen LogP contribution in [0.2, 0.25) is 5.02 Å². The van der Waals surface area contributed by atoms with Crippen LogP contribution < -0.4 is 11.1 Å². The standard InChI is InChI=1S/C26H23ClN8O/c1-13-14(2)33-21-8-15(3-4-20(13)21)26(36)29-9-19-7-16-5-18(27)6-17(22(16)34-19)10-35-12-32-23-24(28)30-11-31-25(23)35/h3-8,11-12,33-34H,9-10H2,1-2H3,(H,29,36)(H2,28,30,31). The molecular weight excluding hydrogens is 476 g/mol. The summed E-state index contributed by atoms with van der Waals surface area (Å²) in [6.07, 6.45) is 3.12. The normalized spacial score (nSPS) is 11.6. The Bertz CT molecular complexity index is 1790. The van der Waals surface area contributed by atoms with Crippen LogP contribution in [0.3, 0.4) is 0 Å². The number of H-pyrrole nitrogens is 2. The summed E-state index contributed by atoms with van der Waals surface area (Å²) in [7, 11) is 0. The van der Waals surface area contributed by atoms with Crippen molar-refractivity contribution in [2.45, 2.75) is 26.9 Å². The minimum absolute atomic E-state index is 0.138. The summed E-state index contributed by atoms with van der Waals surface area (Å²) in [4.78, 5) is 32.3. The van der Waals surface area contributed by atoms with Gasteiger partial charge in [-0.05, 0) is 55.3 Å². The molecule has 4 heterocycles. The molecule has 0 aliphatic carbocycles. The quantitative estimate of drug-likeness (QED) is 0.275. The summed E-state index contributed by atoms with van der Waals surface area (Å²) in [5.41, 5.74) is 13.8. The van der Waals surface area contributed by atoms with E-state index in [4.69, 9.17) is 17.3 Å². The number of nitrogen functional groups attached to an aromatic ring is 1. The number of nitrogens with two attached hydrogens (primary N) is 1. The molecule has 10 heteroatoms. The molecule has 0 bridgehead atoms. The number of anilines is 1. The molecular formula is C26H23ClN8O. The lowest BCUT2D eigenvalue weighted by atomic mass is 10.1. The molecule has 1 amide bonds. The van der Waals surface area contributed by atoms with Crippen LogP contribution in [0.1, 0.15) is 32.9 Å². The van der Waals surface area contributed by atoms with E-state index in [9.17, 15) is 4.79 Å². The number of rotatable bonds is 5. The molecule has 0 saturated heterocycles. The average Bonchev–Trinajstić information content (AvgIpc) is 3.54. The number of benzene rings is 2. The molecule has 4 aromatic heterocycles. The maximum Gasteiger partial charge on any atom is 0.251 e.